The molecule has 1 heterocycles. The molecule has 1 aliphatic rings. The van der Waals surface area contributed by atoms with Crippen molar-refractivity contribution < 1.29 is 23.4 Å². The lowest BCUT2D eigenvalue weighted by molar-refractivity contribution is 0.233. The van der Waals surface area contributed by atoms with E-state index < -0.39 is 0 Å². The molecule has 1 N–H and O–H groups in total. The zero-order valence-corrected chi connectivity index (χ0v) is 23.6. The van der Waals surface area contributed by atoms with Crippen LogP contribution in [-0.4, -0.2) is 32.9 Å². The van der Waals surface area contributed by atoms with Crippen LogP contribution in [0, 0.1) is 6.92 Å². The van der Waals surface area contributed by atoms with Crippen molar-refractivity contribution in [3.8, 4) is 17.4 Å². The first-order valence-electron chi connectivity index (χ1n) is 12.4. The number of fused-ring (bicyclic) bond motifs is 1. The number of methoxy groups -OCH3 is 3. The number of hydrogen-bond donors (Lipinski definition) is 1. The van der Waals surface area contributed by atoms with Crippen LogP contribution in [0.15, 0.2) is 45.7 Å². The summed E-state index contributed by atoms with van der Waals surface area (Å²) in [6.07, 6.45) is 6.38. The normalized spacial score (nSPS) is 18.3. The molecule has 0 bridgehead atoms. The molecule has 196 valence electrons. The minimum absolute atomic E-state index is 0.0562. The second kappa shape index (κ2) is 12.0. The van der Waals surface area contributed by atoms with Gasteiger partial charge in [0.15, 0.2) is 17.3 Å². The van der Waals surface area contributed by atoms with Gasteiger partial charge in [-0.2, -0.15) is 0 Å². The molecule has 1 atom stereocenters. The van der Waals surface area contributed by atoms with Gasteiger partial charge >= 0.3 is 0 Å². The smallest absolute Gasteiger partial charge is 0.290 e. The number of nitrogens with one attached hydrogen (secondary N) is 1. The van der Waals surface area contributed by atoms with Gasteiger partial charge in [0.25, 0.3) is 5.95 Å². The Hall–Kier alpha value is -2.77. The lowest BCUT2D eigenvalue weighted by Gasteiger charge is -2.37. The maximum atomic E-state index is 6.30. The SMILES string of the molecule is CCC1(C)CCCc2cc(C)c(Oc3ccc(C(=S)NC(/C(C)=C\COC)=C(/C)OC)o3)c(OC)c21. The maximum Gasteiger partial charge on any atom is 0.290 e. The van der Waals surface area contributed by atoms with E-state index in [-0.39, 0.29) is 5.41 Å². The molecule has 1 aliphatic carbocycles. The molecule has 0 amide bonds. The van der Waals surface area contributed by atoms with E-state index in [9.17, 15) is 0 Å². The number of ether oxygens (including phenoxy) is 4. The molecular weight excluding hydrogens is 474 g/mol. The van der Waals surface area contributed by atoms with Crippen LogP contribution < -0.4 is 14.8 Å². The summed E-state index contributed by atoms with van der Waals surface area (Å²) in [5.74, 6) is 3.04. The average Bonchev–Trinajstić information content (AvgIpc) is 3.34. The molecule has 0 aliphatic heterocycles. The Morgan fingerprint density at radius 1 is 1.19 bits per heavy atom. The van der Waals surface area contributed by atoms with E-state index in [1.165, 1.54) is 17.5 Å². The van der Waals surface area contributed by atoms with Gasteiger partial charge in [0.05, 0.1) is 26.5 Å². The van der Waals surface area contributed by atoms with Gasteiger partial charge in [-0.05, 0) is 74.6 Å². The first kappa shape index (κ1) is 27.8. The van der Waals surface area contributed by atoms with Crippen LogP contribution in [0.25, 0.3) is 0 Å². The standard InChI is InChI=1S/C29H39NO5S/c1-9-29(5)15-10-11-21-17-19(3)26(27(33-8)24(21)29)35-23-13-12-22(34-23)28(36)30-25(20(4)32-7)18(2)14-16-31-6/h12-14,17H,9-11,15-16H2,1-8H3,(H,30,36)/b18-14-,25-20-. The minimum Gasteiger partial charge on any atom is -0.499 e. The summed E-state index contributed by atoms with van der Waals surface area (Å²) in [6, 6.07) is 5.81. The topological polar surface area (TPSA) is 62.1 Å². The Kier molecular flexibility index (Phi) is 9.25. The van der Waals surface area contributed by atoms with Crippen molar-refractivity contribution in [3.05, 3.63) is 63.8 Å². The number of hydrogen-bond acceptors (Lipinski definition) is 6. The van der Waals surface area contributed by atoms with E-state index in [4.69, 9.17) is 35.6 Å². The summed E-state index contributed by atoms with van der Waals surface area (Å²) >= 11 is 5.64. The predicted octanol–water partition coefficient (Wildman–Crippen LogP) is 7.13. The Morgan fingerprint density at radius 2 is 1.94 bits per heavy atom. The van der Waals surface area contributed by atoms with Crippen molar-refractivity contribution in [2.75, 3.05) is 27.9 Å². The van der Waals surface area contributed by atoms with Crippen LogP contribution in [0.5, 0.6) is 17.4 Å². The Bertz CT molecular complexity index is 1160. The second-order valence-corrected chi connectivity index (χ2v) is 9.92. The average molecular weight is 514 g/mol. The van der Waals surface area contributed by atoms with Gasteiger partial charge in [-0.25, -0.2) is 0 Å². The highest BCUT2D eigenvalue weighted by Crippen LogP contribution is 2.50. The fourth-order valence-electron chi connectivity index (χ4n) is 4.82. The third-order valence-corrected chi connectivity index (χ3v) is 7.42. The molecule has 0 radical (unpaired) electrons. The largest absolute Gasteiger partial charge is 0.499 e. The molecule has 2 aromatic rings. The van der Waals surface area contributed by atoms with Gasteiger partial charge in [0, 0.05) is 18.7 Å². The van der Waals surface area contributed by atoms with Gasteiger partial charge in [0.2, 0.25) is 0 Å². The summed E-state index contributed by atoms with van der Waals surface area (Å²) < 4.78 is 28.9. The third-order valence-electron chi connectivity index (χ3n) is 7.12. The minimum atomic E-state index is 0.0562. The monoisotopic (exact) mass is 513 g/mol. The quantitative estimate of drug-likeness (QED) is 0.206. The van der Waals surface area contributed by atoms with Gasteiger partial charge < -0.3 is 28.7 Å². The van der Waals surface area contributed by atoms with E-state index >= 15 is 0 Å². The van der Waals surface area contributed by atoms with Crippen molar-refractivity contribution in [1.82, 2.24) is 5.32 Å². The first-order valence-corrected chi connectivity index (χ1v) is 12.8. The Morgan fingerprint density at radius 3 is 2.58 bits per heavy atom. The third kappa shape index (κ3) is 5.79. The van der Waals surface area contributed by atoms with Crippen molar-refractivity contribution in [2.24, 2.45) is 0 Å². The highest BCUT2D eigenvalue weighted by Gasteiger charge is 2.36. The number of thiocarbonyl (C=S) groups is 1. The molecule has 3 rings (SSSR count). The molecule has 0 spiro atoms. The maximum absolute atomic E-state index is 6.30. The highest BCUT2D eigenvalue weighted by atomic mass is 32.1. The van der Waals surface area contributed by atoms with E-state index in [0.717, 1.165) is 41.8 Å². The second-order valence-electron chi connectivity index (χ2n) is 9.51. The summed E-state index contributed by atoms with van der Waals surface area (Å²) in [4.78, 5) is 0.425. The number of furan rings is 1. The van der Waals surface area contributed by atoms with Crippen molar-refractivity contribution in [2.45, 2.75) is 65.7 Å². The van der Waals surface area contributed by atoms with Crippen molar-refractivity contribution in [3.63, 3.8) is 0 Å². The zero-order valence-electron chi connectivity index (χ0n) is 22.8. The van der Waals surface area contributed by atoms with Gasteiger partial charge in [0.1, 0.15) is 10.7 Å². The van der Waals surface area contributed by atoms with Gasteiger partial charge in [-0.1, -0.05) is 38.2 Å². The van der Waals surface area contributed by atoms with Gasteiger partial charge in [-0.3, -0.25) is 0 Å². The number of rotatable bonds is 10. The summed E-state index contributed by atoms with van der Waals surface area (Å²) in [6.45, 7) is 10.9. The van der Waals surface area contributed by atoms with E-state index in [1.54, 1.807) is 33.5 Å². The molecule has 0 fully saturated rings. The van der Waals surface area contributed by atoms with E-state index in [0.29, 0.717) is 34.8 Å². The highest BCUT2D eigenvalue weighted by molar-refractivity contribution is 7.80. The van der Waals surface area contributed by atoms with Crippen molar-refractivity contribution in [1.29, 1.82) is 0 Å². The summed E-state index contributed by atoms with van der Waals surface area (Å²) in [7, 11) is 4.99. The molecule has 6 nitrogen and oxygen atoms in total. The molecule has 0 saturated heterocycles. The number of benzene rings is 1. The van der Waals surface area contributed by atoms with E-state index in [1.807, 2.05) is 26.8 Å². The van der Waals surface area contributed by atoms with E-state index in [2.05, 4.69) is 25.2 Å². The van der Waals surface area contributed by atoms with Crippen molar-refractivity contribution >= 4 is 17.2 Å². The lowest BCUT2D eigenvalue weighted by atomic mass is 9.69. The molecular formula is C29H39NO5S. The van der Waals surface area contributed by atoms with Crippen LogP contribution in [0.1, 0.15) is 69.4 Å². The Balaban J connectivity index is 1.90. The van der Waals surface area contributed by atoms with Crippen LogP contribution in [0.2, 0.25) is 0 Å². The molecule has 36 heavy (non-hydrogen) atoms. The number of aryl methyl sites for hydroxylation is 2. The lowest BCUT2D eigenvalue weighted by Crippen LogP contribution is -2.28. The summed E-state index contributed by atoms with van der Waals surface area (Å²) in [5.41, 5.74) is 5.40. The first-order chi connectivity index (χ1) is 17.2. The predicted molar refractivity (Wildman–Crippen MR) is 147 cm³/mol. The zero-order chi connectivity index (χ0) is 26.5. The molecule has 1 aromatic carbocycles. The molecule has 0 saturated carbocycles. The van der Waals surface area contributed by atoms with Crippen LogP contribution in [-0.2, 0) is 21.3 Å². The van der Waals surface area contributed by atoms with Crippen LogP contribution >= 0.6 is 12.2 Å². The fourth-order valence-corrected chi connectivity index (χ4v) is 5.03. The molecule has 1 unspecified atom stereocenters. The van der Waals surface area contributed by atoms with Crippen LogP contribution in [0.4, 0.5) is 0 Å². The van der Waals surface area contributed by atoms with Gasteiger partial charge in [-0.15, -0.1) is 0 Å². The fraction of sp³-hybridized carbons (Fsp3) is 0.483. The molecule has 1 aromatic heterocycles. The number of allylic oxidation sites excluding steroid dienone is 2. The molecule has 7 heteroatoms. The van der Waals surface area contributed by atoms with Crippen LogP contribution in [0.3, 0.4) is 0 Å². The Labute approximate surface area is 220 Å². The summed E-state index contributed by atoms with van der Waals surface area (Å²) in [5, 5.41) is 3.25.